The number of nitrogens with zero attached hydrogens (tertiary/aromatic N) is 4. The van der Waals surface area contributed by atoms with E-state index in [-0.39, 0.29) is 17.5 Å². The van der Waals surface area contributed by atoms with Gasteiger partial charge in [-0.1, -0.05) is 17.7 Å². The predicted molar refractivity (Wildman–Crippen MR) is 122 cm³/mol. The molecule has 32 heavy (non-hydrogen) atoms. The summed E-state index contributed by atoms with van der Waals surface area (Å²) < 4.78 is 0. The van der Waals surface area contributed by atoms with Crippen LogP contribution in [0.1, 0.15) is 45.5 Å². The Kier molecular flexibility index (Phi) is 6.39. The monoisotopic (exact) mass is 436 g/mol. The summed E-state index contributed by atoms with van der Waals surface area (Å²) in [5.41, 5.74) is 2.55. The Balaban J connectivity index is 1.47. The summed E-state index contributed by atoms with van der Waals surface area (Å²) in [7, 11) is 0. The molecule has 0 aromatic heterocycles. The third kappa shape index (κ3) is 4.59. The van der Waals surface area contributed by atoms with Crippen molar-refractivity contribution >= 4 is 23.2 Å². The first-order valence-electron chi connectivity index (χ1n) is 11.1. The van der Waals surface area contributed by atoms with Gasteiger partial charge in [-0.2, -0.15) is 0 Å². The van der Waals surface area contributed by atoms with Gasteiger partial charge in [0.1, 0.15) is 5.69 Å². The summed E-state index contributed by atoms with van der Waals surface area (Å²) >= 11 is 0. The largest absolute Gasteiger partial charge is 0.366 e. The molecule has 8 nitrogen and oxygen atoms in total. The van der Waals surface area contributed by atoms with E-state index in [1.807, 2.05) is 36.1 Å². The summed E-state index contributed by atoms with van der Waals surface area (Å²) in [5.74, 6) is -0.264. The van der Waals surface area contributed by atoms with Gasteiger partial charge in [-0.25, -0.2) is 0 Å². The average molecular weight is 437 g/mol. The van der Waals surface area contributed by atoms with Crippen LogP contribution in [0.15, 0.2) is 42.5 Å². The molecule has 0 unspecified atom stereocenters. The second kappa shape index (κ2) is 9.38. The first kappa shape index (κ1) is 21.8. The second-order valence-corrected chi connectivity index (χ2v) is 8.46. The number of hydrogen-bond acceptors (Lipinski definition) is 5. The van der Waals surface area contributed by atoms with E-state index in [1.54, 1.807) is 21.9 Å². The highest BCUT2D eigenvalue weighted by Crippen LogP contribution is 2.32. The number of amides is 2. The van der Waals surface area contributed by atoms with Crippen molar-refractivity contribution in [2.45, 2.75) is 26.2 Å². The van der Waals surface area contributed by atoms with Crippen LogP contribution in [0.2, 0.25) is 0 Å². The smallest absolute Gasteiger partial charge is 0.293 e. The molecule has 4 rings (SSSR count). The topological polar surface area (TPSA) is 87.0 Å². The van der Waals surface area contributed by atoms with Crippen molar-refractivity contribution < 1.29 is 14.5 Å². The van der Waals surface area contributed by atoms with Crippen LogP contribution in [-0.2, 0) is 0 Å². The molecule has 0 spiro atoms. The van der Waals surface area contributed by atoms with Crippen LogP contribution >= 0.6 is 0 Å². The van der Waals surface area contributed by atoms with E-state index >= 15 is 0 Å². The van der Waals surface area contributed by atoms with Gasteiger partial charge in [-0.05, 0) is 50.5 Å². The molecule has 8 heteroatoms. The highest BCUT2D eigenvalue weighted by atomic mass is 16.6. The number of rotatable bonds is 4. The Morgan fingerprint density at radius 3 is 2.03 bits per heavy atom. The highest BCUT2D eigenvalue weighted by Gasteiger charge is 2.27. The Labute approximate surface area is 187 Å². The van der Waals surface area contributed by atoms with Crippen molar-refractivity contribution in [3.63, 3.8) is 0 Å². The molecule has 0 N–H and O–H groups in total. The third-order valence-corrected chi connectivity index (χ3v) is 6.20. The Bertz CT molecular complexity index is 1030. The normalized spacial score (nSPS) is 16.7. The number of benzene rings is 2. The maximum Gasteiger partial charge on any atom is 0.293 e. The average Bonchev–Trinajstić information content (AvgIpc) is 3.22. The van der Waals surface area contributed by atoms with Crippen LogP contribution in [0.4, 0.5) is 11.4 Å². The fourth-order valence-corrected chi connectivity index (χ4v) is 4.50. The van der Waals surface area contributed by atoms with Gasteiger partial charge in [-0.15, -0.1) is 0 Å². The zero-order valence-electron chi connectivity index (χ0n) is 18.3. The van der Waals surface area contributed by atoms with E-state index in [4.69, 9.17) is 0 Å². The van der Waals surface area contributed by atoms with Gasteiger partial charge >= 0.3 is 0 Å². The molecule has 0 aliphatic carbocycles. The number of aryl methyl sites for hydroxylation is 1. The van der Waals surface area contributed by atoms with E-state index < -0.39 is 4.92 Å². The third-order valence-electron chi connectivity index (χ3n) is 6.20. The molecule has 2 heterocycles. The maximum atomic E-state index is 13.1. The molecular formula is C24H28N4O4. The molecular weight excluding hydrogens is 408 g/mol. The number of nitro benzene ring substituents is 1. The molecule has 2 aliphatic rings. The molecule has 2 aromatic rings. The number of nitro groups is 1. The van der Waals surface area contributed by atoms with E-state index in [0.717, 1.165) is 31.5 Å². The lowest BCUT2D eigenvalue weighted by atomic mass is 10.1. The zero-order valence-corrected chi connectivity index (χ0v) is 18.3. The molecule has 2 fully saturated rings. The van der Waals surface area contributed by atoms with Crippen LogP contribution in [0.25, 0.3) is 0 Å². The van der Waals surface area contributed by atoms with Crippen molar-refractivity contribution in [3.05, 3.63) is 69.3 Å². The van der Waals surface area contributed by atoms with Crippen LogP contribution < -0.4 is 4.90 Å². The number of carbonyl (C=O) groups excluding carboxylic acids is 2. The van der Waals surface area contributed by atoms with Gasteiger partial charge in [0.2, 0.25) is 0 Å². The van der Waals surface area contributed by atoms with Crippen LogP contribution in [0.3, 0.4) is 0 Å². The number of carbonyl (C=O) groups is 2. The van der Waals surface area contributed by atoms with Gasteiger partial charge in [-0.3, -0.25) is 19.7 Å². The molecule has 0 radical (unpaired) electrons. The minimum atomic E-state index is -0.408. The Morgan fingerprint density at radius 1 is 0.812 bits per heavy atom. The minimum Gasteiger partial charge on any atom is -0.366 e. The van der Waals surface area contributed by atoms with Crippen LogP contribution in [-0.4, -0.2) is 65.8 Å². The molecule has 2 amide bonds. The second-order valence-electron chi connectivity index (χ2n) is 8.46. The van der Waals surface area contributed by atoms with Crippen molar-refractivity contribution in [1.29, 1.82) is 0 Å². The minimum absolute atomic E-state index is 0.0242. The van der Waals surface area contributed by atoms with Crippen LogP contribution in [0, 0.1) is 17.0 Å². The molecule has 2 aromatic carbocycles. The molecule has 2 aliphatic heterocycles. The lowest BCUT2D eigenvalue weighted by Gasteiger charge is -2.23. The molecule has 168 valence electrons. The molecule has 0 saturated carbocycles. The maximum absolute atomic E-state index is 13.1. The summed E-state index contributed by atoms with van der Waals surface area (Å²) in [4.78, 5) is 42.8. The van der Waals surface area contributed by atoms with E-state index in [0.29, 0.717) is 49.4 Å². The van der Waals surface area contributed by atoms with Gasteiger partial charge in [0.25, 0.3) is 17.5 Å². The van der Waals surface area contributed by atoms with Crippen molar-refractivity contribution in [2.75, 3.05) is 44.2 Å². The summed E-state index contributed by atoms with van der Waals surface area (Å²) in [6, 6.07) is 12.3. The van der Waals surface area contributed by atoms with Gasteiger partial charge in [0.15, 0.2) is 0 Å². The summed E-state index contributed by atoms with van der Waals surface area (Å²) in [6.07, 6.45) is 2.70. The standard InChI is InChI=1S/C24H28N4O4/c1-18-6-4-7-19(16-18)23(29)26-12-5-13-27(15-14-26)24(30)20-8-9-21(22(17-20)28(31)32)25-10-2-3-11-25/h4,6-9,16-17H,2-3,5,10-15H2,1H3. The van der Waals surface area contributed by atoms with E-state index in [2.05, 4.69) is 0 Å². The first-order valence-corrected chi connectivity index (χ1v) is 11.1. The van der Waals surface area contributed by atoms with Gasteiger partial charge in [0, 0.05) is 56.5 Å². The van der Waals surface area contributed by atoms with Crippen molar-refractivity contribution in [3.8, 4) is 0 Å². The lowest BCUT2D eigenvalue weighted by Crippen LogP contribution is -2.37. The highest BCUT2D eigenvalue weighted by molar-refractivity contribution is 5.96. The SMILES string of the molecule is Cc1cccc(C(=O)N2CCCN(C(=O)c3ccc(N4CCCC4)c([N+](=O)[O-])c3)CC2)c1. The zero-order chi connectivity index (χ0) is 22.7. The number of hydrogen-bond donors (Lipinski definition) is 0. The Hall–Kier alpha value is -3.42. The molecule has 2 saturated heterocycles. The fraction of sp³-hybridized carbons (Fsp3) is 0.417. The predicted octanol–water partition coefficient (Wildman–Crippen LogP) is 3.49. The quantitative estimate of drug-likeness (QED) is 0.541. The summed E-state index contributed by atoms with van der Waals surface area (Å²) in [6.45, 7) is 5.47. The Morgan fingerprint density at radius 2 is 1.44 bits per heavy atom. The first-order chi connectivity index (χ1) is 15.4. The lowest BCUT2D eigenvalue weighted by molar-refractivity contribution is -0.384. The molecule has 0 atom stereocenters. The van der Waals surface area contributed by atoms with Crippen molar-refractivity contribution in [2.24, 2.45) is 0 Å². The van der Waals surface area contributed by atoms with Crippen molar-refractivity contribution in [1.82, 2.24) is 9.80 Å². The van der Waals surface area contributed by atoms with Crippen LogP contribution in [0.5, 0.6) is 0 Å². The number of anilines is 1. The van der Waals surface area contributed by atoms with E-state index in [1.165, 1.54) is 6.07 Å². The van der Waals surface area contributed by atoms with Gasteiger partial charge in [0.05, 0.1) is 4.92 Å². The summed E-state index contributed by atoms with van der Waals surface area (Å²) in [5, 5.41) is 11.7. The fourth-order valence-electron chi connectivity index (χ4n) is 4.50. The van der Waals surface area contributed by atoms with Gasteiger partial charge < -0.3 is 14.7 Å². The molecule has 0 bridgehead atoms. The van der Waals surface area contributed by atoms with E-state index in [9.17, 15) is 19.7 Å².